The third kappa shape index (κ3) is 2.15. The number of pyridine rings is 1. The average molecular weight is 260 g/mol. The Bertz CT molecular complexity index is 471. The summed E-state index contributed by atoms with van der Waals surface area (Å²) >= 11 is 0. The maximum Gasteiger partial charge on any atom is 0.461 e. The highest BCUT2D eigenvalue weighted by Crippen LogP contribution is 2.58. The van der Waals surface area contributed by atoms with Crippen molar-refractivity contribution in [1.82, 2.24) is 4.98 Å². The van der Waals surface area contributed by atoms with Crippen LogP contribution in [0.15, 0.2) is 18.3 Å². The van der Waals surface area contributed by atoms with Crippen molar-refractivity contribution >= 4 is 12.9 Å². The Morgan fingerprint density at radius 3 is 2.37 bits per heavy atom. The SMILES string of the molecule is CC1(C)OB(C2CC2c2ccc(N)nc2)OC1(C)C. The highest BCUT2D eigenvalue weighted by Gasteiger charge is 2.59. The Morgan fingerprint density at radius 1 is 1.21 bits per heavy atom. The lowest BCUT2D eigenvalue weighted by atomic mass is 9.80. The van der Waals surface area contributed by atoms with Gasteiger partial charge in [-0.2, -0.15) is 0 Å². The first-order chi connectivity index (χ1) is 8.80. The minimum absolute atomic E-state index is 0.104. The van der Waals surface area contributed by atoms with Gasteiger partial charge < -0.3 is 15.0 Å². The minimum atomic E-state index is -0.246. The number of nitrogen functional groups attached to an aromatic ring is 1. The summed E-state index contributed by atoms with van der Waals surface area (Å²) < 4.78 is 12.2. The standard InChI is InChI=1S/C14H21BN2O2/c1-13(2)14(3,4)19-15(18-13)11-7-10(11)9-5-6-12(16)17-8-9/h5-6,8,10-11H,7H2,1-4H3,(H2,16,17). The van der Waals surface area contributed by atoms with Crippen LogP contribution in [0.5, 0.6) is 0 Å². The fourth-order valence-corrected chi connectivity index (χ4v) is 2.60. The van der Waals surface area contributed by atoms with E-state index >= 15 is 0 Å². The summed E-state index contributed by atoms with van der Waals surface area (Å²) in [6.07, 6.45) is 2.97. The number of hydrogen-bond acceptors (Lipinski definition) is 4. The molecule has 2 fully saturated rings. The van der Waals surface area contributed by atoms with E-state index < -0.39 is 0 Å². The monoisotopic (exact) mass is 260 g/mol. The molecule has 2 N–H and O–H groups in total. The second-order valence-electron chi connectivity index (χ2n) is 6.65. The van der Waals surface area contributed by atoms with Gasteiger partial charge >= 0.3 is 7.12 Å². The van der Waals surface area contributed by atoms with Crippen molar-refractivity contribution < 1.29 is 9.31 Å². The molecule has 0 spiro atoms. The van der Waals surface area contributed by atoms with Gasteiger partial charge in [0.1, 0.15) is 5.82 Å². The van der Waals surface area contributed by atoms with E-state index in [1.165, 1.54) is 5.56 Å². The van der Waals surface area contributed by atoms with Crippen molar-refractivity contribution in [3.8, 4) is 0 Å². The summed E-state index contributed by atoms with van der Waals surface area (Å²) in [6, 6.07) is 3.91. The normalized spacial score (nSPS) is 31.5. The summed E-state index contributed by atoms with van der Waals surface area (Å²) in [5, 5.41) is 0. The number of nitrogens with zero attached hydrogens (tertiary/aromatic N) is 1. The van der Waals surface area contributed by atoms with Crippen molar-refractivity contribution in [2.24, 2.45) is 0 Å². The van der Waals surface area contributed by atoms with Crippen LogP contribution in [0.1, 0.15) is 45.6 Å². The molecule has 2 heterocycles. The maximum atomic E-state index is 6.10. The number of nitrogens with two attached hydrogens (primary N) is 1. The molecule has 4 nitrogen and oxygen atoms in total. The topological polar surface area (TPSA) is 57.4 Å². The summed E-state index contributed by atoms with van der Waals surface area (Å²) in [5.74, 6) is 1.49. The van der Waals surface area contributed by atoms with Crippen LogP contribution in [0.2, 0.25) is 5.82 Å². The molecular weight excluding hydrogens is 239 g/mol. The zero-order valence-corrected chi connectivity index (χ0v) is 12.0. The van der Waals surface area contributed by atoms with E-state index in [2.05, 4.69) is 38.7 Å². The van der Waals surface area contributed by atoms with Gasteiger partial charge in [-0.25, -0.2) is 4.98 Å². The van der Waals surface area contributed by atoms with Crippen molar-refractivity contribution in [3.63, 3.8) is 0 Å². The van der Waals surface area contributed by atoms with E-state index in [0.717, 1.165) is 6.42 Å². The lowest BCUT2D eigenvalue weighted by Gasteiger charge is -2.32. The predicted octanol–water partition coefficient (Wildman–Crippen LogP) is 2.61. The van der Waals surface area contributed by atoms with Crippen LogP contribution in [-0.2, 0) is 9.31 Å². The second-order valence-corrected chi connectivity index (χ2v) is 6.65. The van der Waals surface area contributed by atoms with Crippen LogP contribution in [0.25, 0.3) is 0 Å². The third-order valence-corrected chi connectivity index (χ3v) is 4.70. The summed E-state index contributed by atoms with van der Waals surface area (Å²) in [7, 11) is -0.104. The molecule has 5 heteroatoms. The minimum Gasteiger partial charge on any atom is -0.403 e. The zero-order chi connectivity index (χ0) is 13.8. The quantitative estimate of drug-likeness (QED) is 0.830. The number of hydrogen-bond donors (Lipinski definition) is 1. The molecule has 2 unspecified atom stereocenters. The van der Waals surface area contributed by atoms with Gasteiger partial charge in [0.15, 0.2) is 0 Å². The first kappa shape index (κ1) is 12.9. The van der Waals surface area contributed by atoms with E-state index in [-0.39, 0.29) is 18.3 Å². The Balaban J connectivity index is 1.70. The Hall–Kier alpha value is -1.07. The molecule has 1 saturated carbocycles. The van der Waals surface area contributed by atoms with Crippen LogP contribution in [-0.4, -0.2) is 23.3 Å². The lowest BCUT2D eigenvalue weighted by molar-refractivity contribution is 0.00578. The van der Waals surface area contributed by atoms with Gasteiger partial charge in [0.2, 0.25) is 0 Å². The Labute approximate surface area is 114 Å². The maximum absolute atomic E-state index is 6.10. The fourth-order valence-electron chi connectivity index (χ4n) is 2.60. The average Bonchev–Trinajstić information content (AvgIpc) is 3.04. The number of anilines is 1. The molecule has 1 saturated heterocycles. The first-order valence-corrected chi connectivity index (χ1v) is 6.87. The van der Waals surface area contributed by atoms with Crippen molar-refractivity contribution in [3.05, 3.63) is 23.9 Å². The predicted molar refractivity (Wildman–Crippen MR) is 75.8 cm³/mol. The van der Waals surface area contributed by atoms with Gasteiger partial charge in [-0.3, -0.25) is 0 Å². The molecule has 0 radical (unpaired) electrons. The van der Waals surface area contributed by atoms with Crippen molar-refractivity contribution in [2.75, 3.05) is 5.73 Å². The first-order valence-electron chi connectivity index (χ1n) is 6.87. The molecule has 1 aliphatic carbocycles. The van der Waals surface area contributed by atoms with Crippen LogP contribution in [0.4, 0.5) is 5.82 Å². The molecule has 2 aliphatic rings. The van der Waals surface area contributed by atoms with Gasteiger partial charge in [-0.05, 0) is 51.7 Å². The molecule has 0 bridgehead atoms. The molecule has 2 atom stereocenters. The van der Waals surface area contributed by atoms with E-state index in [1.807, 2.05) is 12.3 Å². The Kier molecular flexibility index (Phi) is 2.70. The molecule has 1 aromatic rings. The molecule has 0 amide bonds. The largest absolute Gasteiger partial charge is 0.461 e. The van der Waals surface area contributed by atoms with Gasteiger partial charge in [-0.15, -0.1) is 0 Å². The molecule has 102 valence electrons. The second kappa shape index (κ2) is 3.96. The van der Waals surface area contributed by atoms with Crippen LogP contribution in [0.3, 0.4) is 0 Å². The Morgan fingerprint density at radius 2 is 1.84 bits per heavy atom. The number of aromatic nitrogens is 1. The molecule has 1 aromatic heterocycles. The van der Waals surface area contributed by atoms with Crippen LogP contribution >= 0.6 is 0 Å². The molecule has 3 rings (SSSR count). The van der Waals surface area contributed by atoms with E-state index in [1.54, 1.807) is 0 Å². The van der Waals surface area contributed by atoms with Crippen molar-refractivity contribution in [1.29, 1.82) is 0 Å². The van der Waals surface area contributed by atoms with Gasteiger partial charge in [0.05, 0.1) is 11.2 Å². The third-order valence-electron chi connectivity index (χ3n) is 4.70. The summed E-state index contributed by atoms with van der Waals surface area (Å²) in [5.41, 5.74) is 6.35. The lowest BCUT2D eigenvalue weighted by Crippen LogP contribution is -2.41. The molecule has 19 heavy (non-hydrogen) atoms. The zero-order valence-electron chi connectivity index (χ0n) is 12.0. The van der Waals surface area contributed by atoms with E-state index in [4.69, 9.17) is 15.0 Å². The number of rotatable bonds is 2. The fraction of sp³-hybridized carbons (Fsp3) is 0.643. The summed E-state index contributed by atoms with van der Waals surface area (Å²) in [4.78, 5) is 4.15. The summed E-state index contributed by atoms with van der Waals surface area (Å²) in [6.45, 7) is 8.37. The van der Waals surface area contributed by atoms with Gasteiger partial charge in [-0.1, -0.05) is 6.07 Å². The molecule has 0 aromatic carbocycles. The molecular formula is C14H21BN2O2. The van der Waals surface area contributed by atoms with E-state index in [0.29, 0.717) is 17.6 Å². The smallest absolute Gasteiger partial charge is 0.403 e. The van der Waals surface area contributed by atoms with Crippen LogP contribution < -0.4 is 5.73 Å². The van der Waals surface area contributed by atoms with Crippen LogP contribution in [0, 0.1) is 0 Å². The van der Waals surface area contributed by atoms with E-state index in [9.17, 15) is 0 Å². The van der Waals surface area contributed by atoms with Gasteiger partial charge in [0.25, 0.3) is 0 Å². The van der Waals surface area contributed by atoms with Gasteiger partial charge in [0, 0.05) is 12.0 Å². The van der Waals surface area contributed by atoms with Crippen molar-refractivity contribution in [2.45, 2.75) is 57.1 Å². The molecule has 1 aliphatic heterocycles. The highest BCUT2D eigenvalue weighted by molar-refractivity contribution is 6.49. The highest BCUT2D eigenvalue weighted by atomic mass is 16.7.